The summed E-state index contributed by atoms with van der Waals surface area (Å²) < 4.78 is 0. The van der Waals surface area contributed by atoms with Crippen molar-refractivity contribution < 1.29 is 4.79 Å². The van der Waals surface area contributed by atoms with Gasteiger partial charge < -0.3 is 15.1 Å². The number of pyridine rings is 1. The van der Waals surface area contributed by atoms with Crippen molar-refractivity contribution in [2.75, 3.05) is 31.1 Å². The van der Waals surface area contributed by atoms with Gasteiger partial charge in [0.2, 0.25) is 0 Å². The minimum atomic E-state index is -0.0586. The monoisotopic (exact) mass is 364 g/mol. The van der Waals surface area contributed by atoms with Crippen LogP contribution in [0.3, 0.4) is 0 Å². The van der Waals surface area contributed by atoms with E-state index in [0.717, 1.165) is 11.3 Å². The summed E-state index contributed by atoms with van der Waals surface area (Å²) in [5, 5.41) is 4.21. The molecule has 0 saturated carbocycles. The molecule has 1 fully saturated rings. The molecule has 1 aliphatic rings. The van der Waals surface area contributed by atoms with Crippen molar-refractivity contribution in [1.82, 2.24) is 15.2 Å². The number of piperazine rings is 1. The average molecular weight is 365 g/mol. The van der Waals surface area contributed by atoms with Crippen LogP contribution in [0.25, 0.3) is 0 Å². The van der Waals surface area contributed by atoms with Crippen LogP contribution >= 0.6 is 23.2 Å². The number of carbonyl (C=O) groups excluding carboxylic acids is 1. The highest BCUT2D eigenvalue weighted by Crippen LogP contribution is 2.33. The topological polar surface area (TPSA) is 48.5 Å². The van der Waals surface area contributed by atoms with Crippen molar-refractivity contribution in [2.45, 2.75) is 6.54 Å². The second-order valence-electron chi connectivity index (χ2n) is 5.56. The van der Waals surface area contributed by atoms with Gasteiger partial charge >= 0.3 is 6.03 Å². The largest absolute Gasteiger partial charge is 0.366 e. The van der Waals surface area contributed by atoms with Gasteiger partial charge in [0.1, 0.15) is 0 Å². The van der Waals surface area contributed by atoms with Gasteiger partial charge in [-0.25, -0.2) is 4.79 Å². The zero-order valence-electron chi connectivity index (χ0n) is 13.1. The van der Waals surface area contributed by atoms with Crippen LogP contribution in [0.4, 0.5) is 10.5 Å². The number of amides is 2. The van der Waals surface area contributed by atoms with E-state index in [2.05, 4.69) is 15.2 Å². The Morgan fingerprint density at radius 1 is 1.04 bits per heavy atom. The lowest BCUT2D eigenvalue weighted by atomic mass is 10.2. The van der Waals surface area contributed by atoms with Crippen molar-refractivity contribution in [3.05, 3.63) is 58.3 Å². The van der Waals surface area contributed by atoms with Gasteiger partial charge in [0.05, 0.1) is 15.7 Å². The quantitative estimate of drug-likeness (QED) is 0.907. The predicted octanol–water partition coefficient (Wildman–Crippen LogP) is 3.42. The Hall–Kier alpha value is -1.98. The Kier molecular flexibility index (Phi) is 5.43. The van der Waals surface area contributed by atoms with Gasteiger partial charge in [-0.05, 0) is 29.8 Å². The van der Waals surface area contributed by atoms with Crippen LogP contribution in [0.2, 0.25) is 10.0 Å². The van der Waals surface area contributed by atoms with Crippen molar-refractivity contribution in [1.29, 1.82) is 0 Å². The van der Waals surface area contributed by atoms with Crippen LogP contribution in [0.15, 0.2) is 42.7 Å². The van der Waals surface area contributed by atoms with Gasteiger partial charge in [-0.3, -0.25) is 4.98 Å². The standard InChI is InChI=1S/C17H18Cl2N4O/c18-14-2-1-3-15(19)16(14)22-8-10-23(11-9-22)17(24)21-12-13-4-6-20-7-5-13/h1-7H,8-12H2,(H,21,24). The highest BCUT2D eigenvalue weighted by atomic mass is 35.5. The molecule has 1 saturated heterocycles. The number of rotatable bonds is 3. The van der Waals surface area contributed by atoms with Crippen molar-refractivity contribution in [2.24, 2.45) is 0 Å². The second kappa shape index (κ2) is 7.73. The van der Waals surface area contributed by atoms with E-state index < -0.39 is 0 Å². The SMILES string of the molecule is O=C(NCc1ccncc1)N1CCN(c2c(Cl)cccc2Cl)CC1. The summed E-state index contributed by atoms with van der Waals surface area (Å²) >= 11 is 12.5. The zero-order chi connectivity index (χ0) is 16.9. The third kappa shape index (κ3) is 3.91. The lowest BCUT2D eigenvalue weighted by Gasteiger charge is -2.36. The average Bonchev–Trinajstić information content (AvgIpc) is 2.61. The van der Waals surface area contributed by atoms with Crippen LogP contribution in [0.5, 0.6) is 0 Å². The van der Waals surface area contributed by atoms with Crippen LogP contribution in [-0.4, -0.2) is 42.1 Å². The van der Waals surface area contributed by atoms with Crippen LogP contribution < -0.4 is 10.2 Å². The first-order valence-electron chi connectivity index (χ1n) is 7.76. The fraction of sp³-hybridized carbons (Fsp3) is 0.294. The summed E-state index contributed by atoms with van der Waals surface area (Å²) in [6, 6.07) is 9.20. The Labute approximate surface area is 151 Å². The second-order valence-corrected chi connectivity index (χ2v) is 6.37. The summed E-state index contributed by atoms with van der Waals surface area (Å²) in [7, 11) is 0. The fourth-order valence-corrected chi connectivity index (χ4v) is 3.35. The molecule has 7 heteroatoms. The lowest BCUT2D eigenvalue weighted by molar-refractivity contribution is 0.194. The molecule has 1 aliphatic heterocycles. The zero-order valence-corrected chi connectivity index (χ0v) is 14.6. The van der Waals surface area contributed by atoms with E-state index in [4.69, 9.17) is 23.2 Å². The molecule has 0 unspecified atom stereocenters. The maximum atomic E-state index is 12.3. The molecule has 0 spiro atoms. The Morgan fingerprint density at radius 3 is 2.29 bits per heavy atom. The molecule has 0 aliphatic carbocycles. The Morgan fingerprint density at radius 2 is 1.67 bits per heavy atom. The van der Waals surface area contributed by atoms with E-state index in [1.807, 2.05) is 35.2 Å². The van der Waals surface area contributed by atoms with E-state index in [0.29, 0.717) is 42.8 Å². The summed E-state index contributed by atoms with van der Waals surface area (Å²) in [4.78, 5) is 20.2. The number of hydrogen-bond acceptors (Lipinski definition) is 3. The molecule has 5 nitrogen and oxygen atoms in total. The normalized spacial score (nSPS) is 14.6. The first-order chi connectivity index (χ1) is 11.6. The summed E-state index contributed by atoms with van der Waals surface area (Å²) in [6.45, 7) is 3.16. The Bertz CT molecular complexity index is 683. The van der Waals surface area contributed by atoms with Gasteiger partial charge in [-0.1, -0.05) is 29.3 Å². The van der Waals surface area contributed by atoms with E-state index in [1.165, 1.54) is 0 Å². The number of hydrogen-bond donors (Lipinski definition) is 1. The summed E-state index contributed by atoms with van der Waals surface area (Å²) in [5.41, 5.74) is 1.87. The third-order valence-corrected chi connectivity index (χ3v) is 4.62. The van der Waals surface area contributed by atoms with Crippen molar-refractivity contribution in [3.8, 4) is 0 Å². The molecular weight excluding hydrogens is 347 g/mol. The predicted molar refractivity (Wildman–Crippen MR) is 96.7 cm³/mol. The smallest absolute Gasteiger partial charge is 0.317 e. The molecule has 1 N–H and O–H groups in total. The Balaban J connectivity index is 1.54. The van der Waals surface area contributed by atoms with Gasteiger partial charge in [0.25, 0.3) is 0 Å². The van der Waals surface area contributed by atoms with E-state index in [-0.39, 0.29) is 6.03 Å². The minimum Gasteiger partial charge on any atom is -0.366 e. The van der Waals surface area contributed by atoms with Gasteiger partial charge in [-0.2, -0.15) is 0 Å². The number of para-hydroxylation sites is 1. The molecule has 0 bridgehead atoms. The first-order valence-corrected chi connectivity index (χ1v) is 8.51. The van der Waals surface area contributed by atoms with Gasteiger partial charge in [-0.15, -0.1) is 0 Å². The number of benzene rings is 1. The maximum Gasteiger partial charge on any atom is 0.317 e. The van der Waals surface area contributed by atoms with Gasteiger partial charge in [0, 0.05) is 45.1 Å². The molecule has 2 heterocycles. The maximum absolute atomic E-state index is 12.3. The fourth-order valence-electron chi connectivity index (χ4n) is 2.71. The molecule has 0 atom stereocenters. The molecule has 3 rings (SSSR count). The number of carbonyl (C=O) groups is 1. The highest BCUT2D eigenvalue weighted by Gasteiger charge is 2.23. The van der Waals surface area contributed by atoms with Crippen molar-refractivity contribution in [3.63, 3.8) is 0 Å². The lowest BCUT2D eigenvalue weighted by Crippen LogP contribution is -2.51. The molecule has 126 valence electrons. The number of nitrogens with one attached hydrogen (secondary N) is 1. The molecule has 2 aromatic rings. The number of anilines is 1. The van der Waals surface area contributed by atoms with E-state index in [9.17, 15) is 4.79 Å². The number of halogens is 2. The van der Waals surface area contributed by atoms with Crippen LogP contribution in [0, 0.1) is 0 Å². The number of aromatic nitrogens is 1. The summed E-state index contributed by atoms with van der Waals surface area (Å²) in [6.07, 6.45) is 3.43. The number of nitrogens with zero attached hydrogens (tertiary/aromatic N) is 3. The molecule has 24 heavy (non-hydrogen) atoms. The summed E-state index contributed by atoms with van der Waals surface area (Å²) in [5.74, 6) is 0. The molecule has 1 aromatic carbocycles. The minimum absolute atomic E-state index is 0.0586. The van der Waals surface area contributed by atoms with Crippen LogP contribution in [0.1, 0.15) is 5.56 Å². The van der Waals surface area contributed by atoms with Crippen LogP contribution in [-0.2, 0) is 6.54 Å². The first kappa shape index (κ1) is 16.9. The third-order valence-electron chi connectivity index (χ3n) is 4.01. The molecule has 1 aromatic heterocycles. The molecule has 2 amide bonds. The molecule has 0 radical (unpaired) electrons. The van der Waals surface area contributed by atoms with E-state index in [1.54, 1.807) is 12.4 Å². The van der Waals surface area contributed by atoms with Crippen molar-refractivity contribution >= 4 is 34.9 Å². The number of urea groups is 1. The highest BCUT2D eigenvalue weighted by molar-refractivity contribution is 6.39. The van der Waals surface area contributed by atoms with E-state index >= 15 is 0 Å². The van der Waals surface area contributed by atoms with Gasteiger partial charge in [0.15, 0.2) is 0 Å². The molecular formula is C17H18Cl2N4O.